The first kappa shape index (κ1) is 21.7. The zero-order valence-corrected chi connectivity index (χ0v) is 16.6. The van der Waals surface area contributed by atoms with Crippen molar-refractivity contribution in [1.29, 1.82) is 0 Å². The molecule has 9 nitrogen and oxygen atoms in total. The van der Waals surface area contributed by atoms with Crippen LogP contribution in [0.4, 0.5) is 29.6 Å². The van der Waals surface area contributed by atoms with Crippen molar-refractivity contribution in [2.75, 3.05) is 36.4 Å². The van der Waals surface area contributed by atoms with Gasteiger partial charge in [0.15, 0.2) is 0 Å². The molecule has 0 spiro atoms. The number of halogens is 4. The number of nitrogens with zero attached hydrogens (tertiary/aromatic N) is 4. The highest BCUT2D eigenvalue weighted by atomic mass is 35.5. The molecule has 0 radical (unpaired) electrons. The molecule has 30 heavy (non-hydrogen) atoms. The molecule has 1 atom stereocenters. The molecule has 1 saturated heterocycles. The van der Waals surface area contributed by atoms with Crippen LogP contribution in [0.15, 0.2) is 24.3 Å². The second-order valence-corrected chi connectivity index (χ2v) is 7.05. The maximum Gasteiger partial charge on any atom is 0.451 e. The third kappa shape index (κ3) is 5.32. The van der Waals surface area contributed by atoms with Crippen molar-refractivity contribution in [1.82, 2.24) is 25.4 Å². The fraction of sp³-hybridized carbons (Fsp3) is 0.412. The molecule has 2 heterocycles. The number of carbonyl (C=O) groups excluding carboxylic acids is 2. The van der Waals surface area contributed by atoms with E-state index in [9.17, 15) is 22.8 Å². The van der Waals surface area contributed by atoms with Crippen molar-refractivity contribution >= 4 is 35.2 Å². The summed E-state index contributed by atoms with van der Waals surface area (Å²) in [5.74, 6) is -2.59. The Morgan fingerprint density at radius 1 is 1.17 bits per heavy atom. The Hall–Kier alpha value is -3.02. The lowest BCUT2D eigenvalue weighted by atomic mass is 10.2. The van der Waals surface area contributed by atoms with E-state index in [4.69, 9.17) is 11.6 Å². The largest absolute Gasteiger partial charge is 0.451 e. The number of alkyl halides is 3. The highest BCUT2D eigenvalue weighted by molar-refractivity contribution is 6.30. The van der Waals surface area contributed by atoms with E-state index < -0.39 is 35.9 Å². The molecule has 1 fully saturated rings. The van der Waals surface area contributed by atoms with Crippen LogP contribution in [0.5, 0.6) is 0 Å². The molecule has 3 rings (SSSR count). The van der Waals surface area contributed by atoms with Crippen molar-refractivity contribution in [3.05, 3.63) is 35.1 Å². The van der Waals surface area contributed by atoms with Gasteiger partial charge in [0, 0.05) is 36.9 Å². The van der Waals surface area contributed by atoms with Gasteiger partial charge in [-0.05, 0) is 31.2 Å². The molecule has 1 aliphatic heterocycles. The summed E-state index contributed by atoms with van der Waals surface area (Å²) in [6.07, 6.45) is -4.70. The Labute approximate surface area is 174 Å². The predicted molar refractivity (Wildman–Crippen MR) is 103 cm³/mol. The van der Waals surface area contributed by atoms with Crippen molar-refractivity contribution in [2.24, 2.45) is 0 Å². The van der Waals surface area contributed by atoms with E-state index in [1.54, 1.807) is 22.1 Å². The van der Waals surface area contributed by atoms with Crippen LogP contribution in [0.1, 0.15) is 12.7 Å². The van der Waals surface area contributed by atoms with Crippen LogP contribution >= 0.6 is 11.6 Å². The monoisotopic (exact) mass is 445 g/mol. The summed E-state index contributed by atoms with van der Waals surface area (Å²) in [5.41, 5.74) is 0.997. The average molecular weight is 446 g/mol. The normalized spacial score (nSPS) is 15.6. The van der Waals surface area contributed by atoms with Gasteiger partial charge in [0.25, 0.3) is 0 Å². The van der Waals surface area contributed by atoms with Crippen LogP contribution < -0.4 is 15.5 Å². The lowest BCUT2D eigenvalue weighted by Crippen LogP contribution is -2.54. The van der Waals surface area contributed by atoms with Crippen molar-refractivity contribution < 1.29 is 22.8 Å². The molecule has 1 aromatic carbocycles. The van der Waals surface area contributed by atoms with Crippen LogP contribution in [0.2, 0.25) is 5.02 Å². The predicted octanol–water partition coefficient (Wildman–Crippen LogP) is 2.34. The van der Waals surface area contributed by atoms with Gasteiger partial charge >= 0.3 is 12.2 Å². The smallest absolute Gasteiger partial charge is 0.368 e. The van der Waals surface area contributed by atoms with Gasteiger partial charge in [-0.1, -0.05) is 11.6 Å². The number of rotatable bonds is 4. The van der Waals surface area contributed by atoms with Crippen molar-refractivity contribution in [3.63, 3.8) is 0 Å². The summed E-state index contributed by atoms with van der Waals surface area (Å²) in [6, 6.07) is 5.94. The van der Waals surface area contributed by atoms with E-state index >= 15 is 0 Å². The first-order valence-electron chi connectivity index (χ1n) is 9.00. The average Bonchev–Trinajstić information content (AvgIpc) is 3.17. The maximum atomic E-state index is 12.5. The zero-order chi connectivity index (χ0) is 21.9. The third-order valence-corrected chi connectivity index (χ3v) is 4.73. The number of nitrogens with one attached hydrogen (secondary N) is 3. The molecule has 1 aromatic heterocycles. The standard InChI is InChI=1S/C17H19ClF3N7O2/c1-10(13(29)23-15-24-14(25-26-15)17(19,20)21)22-16(30)28-8-6-27(7-9-28)12-4-2-11(18)3-5-12/h2-5,10H,6-9H2,1H3,(H,22,30)(H2,23,24,25,26,29)/t10-/m1/s1. The fourth-order valence-electron chi connectivity index (χ4n) is 2.82. The maximum absolute atomic E-state index is 12.5. The topological polar surface area (TPSA) is 106 Å². The molecule has 162 valence electrons. The van der Waals surface area contributed by atoms with Gasteiger partial charge in [-0.2, -0.15) is 18.2 Å². The summed E-state index contributed by atoms with van der Waals surface area (Å²) in [5, 5.41) is 10.3. The Bertz CT molecular complexity index is 896. The van der Waals surface area contributed by atoms with E-state index in [0.717, 1.165) is 5.69 Å². The van der Waals surface area contributed by atoms with E-state index in [2.05, 4.69) is 25.6 Å². The van der Waals surface area contributed by atoms with Gasteiger partial charge in [0.1, 0.15) is 6.04 Å². The molecule has 2 aromatic rings. The van der Waals surface area contributed by atoms with Crippen LogP contribution in [0.3, 0.4) is 0 Å². The second kappa shape index (κ2) is 8.78. The fourth-order valence-corrected chi connectivity index (χ4v) is 2.95. The Morgan fingerprint density at radius 3 is 2.37 bits per heavy atom. The van der Waals surface area contributed by atoms with Crippen LogP contribution in [-0.2, 0) is 11.0 Å². The number of aromatic nitrogens is 3. The molecule has 0 bridgehead atoms. The van der Waals surface area contributed by atoms with E-state index in [1.807, 2.05) is 12.1 Å². The van der Waals surface area contributed by atoms with E-state index in [-0.39, 0.29) is 0 Å². The summed E-state index contributed by atoms with van der Waals surface area (Å²) in [6.45, 7) is 3.51. The molecule has 1 aliphatic rings. The lowest BCUT2D eigenvalue weighted by molar-refractivity contribution is -0.144. The number of carbonyl (C=O) groups is 2. The van der Waals surface area contributed by atoms with Gasteiger partial charge < -0.3 is 15.1 Å². The highest BCUT2D eigenvalue weighted by Gasteiger charge is 2.35. The second-order valence-electron chi connectivity index (χ2n) is 6.62. The van der Waals surface area contributed by atoms with Gasteiger partial charge in [-0.25, -0.2) is 4.79 Å². The molecular formula is C17H19ClF3N7O2. The SMILES string of the molecule is C[C@@H](NC(=O)N1CCN(c2ccc(Cl)cc2)CC1)C(=O)Nc1n[nH]c(C(F)(F)F)n1. The number of hydrogen-bond donors (Lipinski definition) is 3. The van der Waals surface area contributed by atoms with Gasteiger partial charge in [-0.3, -0.25) is 15.2 Å². The number of H-pyrrole nitrogens is 1. The first-order valence-corrected chi connectivity index (χ1v) is 9.37. The summed E-state index contributed by atoms with van der Waals surface area (Å²) >= 11 is 5.89. The van der Waals surface area contributed by atoms with Crippen molar-refractivity contribution in [3.8, 4) is 0 Å². The van der Waals surface area contributed by atoms with E-state index in [1.165, 1.54) is 6.92 Å². The van der Waals surface area contributed by atoms with Crippen LogP contribution in [0.25, 0.3) is 0 Å². The molecule has 0 aliphatic carbocycles. The Kier molecular flexibility index (Phi) is 6.34. The third-order valence-electron chi connectivity index (χ3n) is 4.48. The number of amides is 3. The molecule has 13 heteroatoms. The quantitative estimate of drug-likeness (QED) is 0.669. The molecule has 3 N–H and O–H groups in total. The number of anilines is 2. The minimum absolute atomic E-state index is 0.443. The summed E-state index contributed by atoms with van der Waals surface area (Å²) in [7, 11) is 0. The Balaban J connectivity index is 1.48. The summed E-state index contributed by atoms with van der Waals surface area (Å²) in [4.78, 5) is 31.3. The molecule has 0 unspecified atom stereocenters. The highest BCUT2D eigenvalue weighted by Crippen LogP contribution is 2.26. The van der Waals surface area contributed by atoms with Gasteiger partial charge in [0.05, 0.1) is 0 Å². The lowest BCUT2D eigenvalue weighted by Gasteiger charge is -2.36. The minimum Gasteiger partial charge on any atom is -0.368 e. The number of hydrogen-bond acceptors (Lipinski definition) is 5. The van der Waals surface area contributed by atoms with E-state index in [0.29, 0.717) is 31.2 Å². The van der Waals surface area contributed by atoms with Gasteiger partial charge in [0.2, 0.25) is 17.7 Å². The summed E-state index contributed by atoms with van der Waals surface area (Å²) < 4.78 is 37.5. The molecular weight excluding hydrogens is 427 g/mol. The minimum atomic E-state index is -4.70. The molecule has 3 amide bonds. The van der Waals surface area contributed by atoms with Crippen LogP contribution in [0, 0.1) is 0 Å². The molecule has 0 saturated carbocycles. The Morgan fingerprint density at radius 2 is 1.80 bits per heavy atom. The van der Waals surface area contributed by atoms with Crippen molar-refractivity contribution in [2.45, 2.75) is 19.1 Å². The number of aromatic amines is 1. The first-order chi connectivity index (χ1) is 14.1. The number of piperazine rings is 1. The zero-order valence-electron chi connectivity index (χ0n) is 15.8. The number of benzene rings is 1. The number of urea groups is 1. The van der Waals surface area contributed by atoms with Gasteiger partial charge in [-0.15, -0.1) is 5.10 Å². The van der Waals surface area contributed by atoms with Crippen LogP contribution in [-0.4, -0.2) is 64.2 Å².